The Labute approximate surface area is 68.9 Å². The second-order valence-corrected chi connectivity index (χ2v) is 2.97. The molecule has 0 aromatic heterocycles. The van der Waals surface area contributed by atoms with Crippen LogP contribution in [0.3, 0.4) is 0 Å². The fourth-order valence-corrected chi connectivity index (χ4v) is 1.44. The zero-order valence-corrected chi connectivity index (χ0v) is 6.56. The minimum absolute atomic E-state index is 0.281. The van der Waals surface area contributed by atoms with Crippen LogP contribution in [0.4, 0.5) is 8.78 Å². The van der Waals surface area contributed by atoms with Crippen LogP contribution in [0.15, 0.2) is 0 Å². The molecule has 1 atom stereocenters. The van der Waals surface area contributed by atoms with Crippen LogP contribution in [-0.4, -0.2) is 18.0 Å². The quantitative estimate of drug-likeness (QED) is 0.598. The summed E-state index contributed by atoms with van der Waals surface area (Å²) in [4.78, 5) is 21.7. The van der Waals surface area contributed by atoms with Crippen LogP contribution in [0.25, 0.3) is 0 Å². The third-order valence-corrected chi connectivity index (χ3v) is 2.11. The molecule has 0 aliphatic heterocycles. The SMILES string of the molecule is O=C1CCCC[C@@H]1C(=O)C(F)F. The predicted molar refractivity (Wildman–Crippen MR) is 38.0 cm³/mol. The van der Waals surface area contributed by atoms with Gasteiger partial charge in [0.05, 0.1) is 5.92 Å². The normalized spacial score (nSPS) is 24.6. The number of carbonyl (C=O) groups is 2. The van der Waals surface area contributed by atoms with Gasteiger partial charge in [-0.3, -0.25) is 9.59 Å². The van der Waals surface area contributed by atoms with E-state index in [1.165, 1.54) is 0 Å². The number of hydrogen-bond acceptors (Lipinski definition) is 2. The van der Waals surface area contributed by atoms with Gasteiger partial charge in [-0.1, -0.05) is 6.42 Å². The lowest BCUT2D eigenvalue weighted by atomic mass is 9.85. The van der Waals surface area contributed by atoms with Crippen molar-refractivity contribution in [3.63, 3.8) is 0 Å². The molecule has 1 rings (SSSR count). The van der Waals surface area contributed by atoms with Crippen LogP contribution >= 0.6 is 0 Å². The molecule has 0 heterocycles. The van der Waals surface area contributed by atoms with Crippen molar-refractivity contribution < 1.29 is 18.4 Å². The van der Waals surface area contributed by atoms with Crippen LogP contribution in [-0.2, 0) is 9.59 Å². The second-order valence-electron chi connectivity index (χ2n) is 2.97. The van der Waals surface area contributed by atoms with Gasteiger partial charge in [-0.05, 0) is 12.8 Å². The first-order valence-electron chi connectivity index (χ1n) is 3.97. The van der Waals surface area contributed by atoms with E-state index in [0.717, 1.165) is 6.42 Å². The van der Waals surface area contributed by atoms with Crippen molar-refractivity contribution in [2.75, 3.05) is 0 Å². The largest absolute Gasteiger partial charge is 0.299 e. The molecular weight excluding hydrogens is 166 g/mol. The van der Waals surface area contributed by atoms with Gasteiger partial charge in [0.1, 0.15) is 5.78 Å². The second kappa shape index (κ2) is 3.74. The van der Waals surface area contributed by atoms with Crippen molar-refractivity contribution in [1.82, 2.24) is 0 Å². The highest BCUT2D eigenvalue weighted by Gasteiger charge is 2.33. The summed E-state index contributed by atoms with van der Waals surface area (Å²) in [5.74, 6) is -2.52. The Morgan fingerprint density at radius 3 is 2.58 bits per heavy atom. The first-order valence-corrected chi connectivity index (χ1v) is 3.97. The summed E-state index contributed by atoms with van der Waals surface area (Å²) in [5, 5.41) is 0. The van der Waals surface area contributed by atoms with Gasteiger partial charge >= 0.3 is 0 Å². The van der Waals surface area contributed by atoms with E-state index in [4.69, 9.17) is 0 Å². The van der Waals surface area contributed by atoms with Gasteiger partial charge in [-0.25, -0.2) is 8.78 Å². The molecule has 4 heteroatoms. The van der Waals surface area contributed by atoms with E-state index in [9.17, 15) is 18.4 Å². The van der Waals surface area contributed by atoms with Crippen molar-refractivity contribution in [3.05, 3.63) is 0 Å². The van der Waals surface area contributed by atoms with E-state index in [0.29, 0.717) is 12.8 Å². The molecular formula is C8H10F2O2. The molecule has 68 valence electrons. The van der Waals surface area contributed by atoms with Crippen LogP contribution in [0.2, 0.25) is 0 Å². The first kappa shape index (κ1) is 9.29. The van der Waals surface area contributed by atoms with Gasteiger partial charge in [-0.2, -0.15) is 0 Å². The molecule has 1 fully saturated rings. The monoisotopic (exact) mass is 176 g/mol. The number of carbonyl (C=O) groups excluding carboxylic acids is 2. The Hall–Kier alpha value is -0.800. The minimum Gasteiger partial charge on any atom is -0.299 e. The summed E-state index contributed by atoms with van der Waals surface area (Å²) in [6.07, 6.45) is -0.969. The molecule has 0 saturated heterocycles. The Morgan fingerprint density at radius 1 is 1.42 bits per heavy atom. The molecule has 0 aromatic carbocycles. The maximum absolute atomic E-state index is 11.9. The van der Waals surface area contributed by atoms with E-state index >= 15 is 0 Å². The Bertz CT molecular complexity index is 201. The summed E-state index contributed by atoms with van der Waals surface area (Å²) in [6, 6.07) is 0. The van der Waals surface area contributed by atoms with Crippen LogP contribution in [0.1, 0.15) is 25.7 Å². The van der Waals surface area contributed by atoms with E-state index in [2.05, 4.69) is 0 Å². The molecule has 1 aliphatic carbocycles. The molecule has 1 aliphatic rings. The van der Waals surface area contributed by atoms with Gasteiger partial charge in [0.2, 0.25) is 5.78 Å². The number of Topliss-reactive ketones (excluding diaryl/α,β-unsaturated/α-hetero) is 2. The maximum atomic E-state index is 11.9. The van der Waals surface area contributed by atoms with Gasteiger partial charge in [0.25, 0.3) is 6.43 Å². The van der Waals surface area contributed by atoms with Gasteiger partial charge < -0.3 is 0 Å². The number of rotatable bonds is 2. The molecule has 0 bridgehead atoms. The van der Waals surface area contributed by atoms with E-state index in [-0.39, 0.29) is 12.2 Å². The Kier molecular flexibility index (Phi) is 2.89. The molecule has 0 amide bonds. The van der Waals surface area contributed by atoms with E-state index in [1.807, 2.05) is 0 Å². The molecule has 0 spiro atoms. The standard InChI is InChI=1S/C8H10F2O2/c9-8(10)7(12)5-3-1-2-4-6(5)11/h5,8H,1-4H2/t5-/m0/s1. The molecule has 1 saturated carbocycles. The van der Waals surface area contributed by atoms with Crippen molar-refractivity contribution in [2.24, 2.45) is 5.92 Å². The summed E-state index contributed by atoms with van der Waals surface area (Å²) in [6.45, 7) is 0. The number of hydrogen-bond donors (Lipinski definition) is 0. The fourth-order valence-electron chi connectivity index (χ4n) is 1.44. The topological polar surface area (TPSA) is 34.1 Å². The zero-order chi connectivity index (χ0) is 9.14. The van der Waals surface area contributed by atoms with E-state index < -0.39 is 18.1 Å². The van der Waals surface area contributed by atoms with Gasteiger partial charge in [-0.15, -0.1) is 0 Å². The third-order valence-electron chi connectivity index (χ3n) is 2.11. The molecule has 12 heavy (non-hydrogen) atoms. The third kappa shape index (κ3) is 1.87. The highest BCUT2D eigenvalue weighted by atomic mass is 19.3. The summed E-state index contributed by atoms with van der Waals surface area (Å²) in [5.41, 5.74) is 0. The lowest BCUT2D eigenvalue weighted by Gasteiger charge is -2.18. The average molecular weight is 176 g/mol. The van der Waals surface area contributed by atoms with Crippen molar-refractivity contribution in [2.45, 2.75) is 32.1 Å². The predicted octanol–water partition coefficient (Wildman–Crippen LogP) is 1.58. The smallest absolute Gasteiger partial charge is 0.296 e. The molecule has 2 nitrogen and oxygen atoms in total. The van der Waals surface area contributed by atoms with Gasteiger partial charge in [0, 0.05) is 6.42 Å². The maximum Gasteiger partial charge on any atom is 0.296 e. The fraction of sp³-hybridized carbons (Fsp3) is 0.750. The van der Waals surface area contributed by atoms with Crippen molar-refractivity contribution in [1.29, 1.82) is 0 Å². The number of ketones is 2. The Morgan fingerprint density at radius 2 is 2.08 bits per heavy atom. The average Bonchev–Trinajstić information content (AvgIpc) is 2.04. The minimum atomic E-state index is -2.99. The van der Waals surface area contributed by atoms with Crippen molar-refractivity contribution >= 4 is 11.6 Å². The number of alkyl halides is 2. The first-order chi connectivity index (χ1) is 5.63. The summed E-state index contributed by atoms with van der Waals surface area (Å²) >= 11 is 0. The highest BCUT2D eigenvalue weighted by Crippen LogP contribution is 2.23. The van der Waals surface area contributed by atoms with Gasteiger partial charge in [0.15, 0.2) is 0 Å². The Balaban J connectivity index is 2.60. The lowest BCUT2D eigenvalue weighted by Crippen LogP contribution is -2.31. The molecule has 0 aromatic rings. The number of halogens is 2. The molecule has 0 unspecified atom stereocenters. The van der Waals surface area contributed by atoms with Crippen LogP contribution in [0.5, 0.6) is 0 Å². The summed E-state index contributed by atoms with van der Waals surface area (Å²) in [7, 11) is 0. The van der Waals surface area contributed by atoms with Crippen LogP contribution < -0.4 is 0 Å². The van der Waals surface area contributed by atoms with Crippen molar-refractivity contribution in [3.8, 4) is 0 Å². The highest BCUT2D eigenvalue weighted by molar-refractivity contribution is 6.04. The van der Waals surface area contributed by atoms with E-state index in [1.54, 1.807) is 0 Å². The molecule has 0 radical (unpaired) electrons. The zero-order valence-electron chi connectivity index (χ0n) is 6.56. The van der Waals surface area contributed by atoms with Crippen LogP contribution in [0, 0.1) is 5.92 Å². The summed E-state index contributed by atoms with van der Waals surface area (Å²) < 4.78 is 23.8. The molecule has 0 N–H and O–H groups in total. The lowest BCUT2D eigenvalue weighted by molar-refractivity contribution is -0.141.